The first kappa shape index (κ1) is 26.2. The molecule has 0 saturated carbocycles. The summed E-state index contributed by atoms with van der Waals surface area (Å²) in [7, 11) is 1.61. The molecular formula is C27H38N2O4. The zero-order valence-corrected chi connectivity index (χ0v) is 20.8. The molecule has 2 aromatic rings. The molecule has 33 heavy (non-hydrogen) atoms. The lowest BCUT2D eigenvalue weighted by atomic mass is 9.86. The van der Waals surface area contributed by atoms with Gasteiger partial charge in [0.2, 0.25) is 5.91 Å². The summed E-state index contributed by atoms with van der Waals surface area (Å²) < 4.78 is 11.2. The van der Waals surface area contributed by atoms with Crippen LogP contribution in [0.2, 0.25) is 0 Å². The van der Waals surface area contributed by atoms with E-state index in [4.69, 9.17) is 9.47 Å². The highest BCUT2D eigenvalue weighted by Gasteiger charge is 2.29. The van der Waals surface area contributed by atoms with Crippen molar-refractivity contribution >= 4 is 11.8 Å². The van der Waals surface area contributed by atoms with Crippen molar-refractivity contribution in [2.24, 2.45) is 0 Å². The highest BCUT2D eigenvalue weighted by atomic mass is 16.5. The van der Waals surface area contributed by atoms with Gasteiger partial charge in [0.1, 0.15) is 17.5 Å². The summed E-state index contributed by atoms with van der Waals surface area (Å²) in [6.07, 6.45) is 1.34. The van der Waals surface area contributed by atoms with Crippen molar-refractivity contribution in [2.45, 2.75) is 65.5 Å². The molecule has 1 atom stereocenters. The van der Waals surface area contributed by atoms with Gasteiger partial charge in [-0.25, -0.2) is 0 Å². The lowest BCUT2D eigenvalue weighted by Gasteiger charge is -2.31. The van der Waals surface area contributed by atoms with Crippen LogP contribution < -0.4 is 14.8 Å². The fraction of sp³-hybridized carbons (Fsp3) is 0.481. The van der Waals surface area contributed by atoms with Gasteiger partial charge in [0, 0.05) is 13.1 Å². The Morgan fingerprint density at radius 2 is 1.70 bits per heavy atom. The third-order valence-corrected chi connectivity index (χ3v) is 5.49. The van der Waals surface area contributed by atoms with Crippen molar-refractivity contribution in [1.82, 2.24) is 10.2 Å². The van der Waals surface area contributed by atoms with Crippen LogP contribution in [0.25, 0.3) is 0 Å². The van der Waals surface area contributed by atoms with E-state index in [9.17, 15) is 9.59 Å². The molecule has 0 bridgehead atoms. The Morgan fingerprint density at radius 1 is 1.03 bits per heavy atom. The van der Waals surface area contributed by atoms with Crippen molar-refractivity contribution in [3.8, 4) is 11.5 Å². The second-order valence-corrected chi connectivity index (χ2v) is 9.12. The highest BCUT2D eigenvalue weighted by molar-refractivity contribution is 5.88. The number of nitrogens with zero attached hydrogens (tertiary/aromatic N) is 1. The van der Waals surface area contributed by atoms with Crippen LogP contribution in [0.5, 0.6) is 11.5 Å². The molecule has 0 aromatic heterocycles. The van der Waals surface area contributed by atoms with Crippen LogP contribution in [0.1, 0.15) is 58.6 Å². The molecule has 0 aliphatic carbocycles. The number of benzene rings is 2. The van der Waals surface area contributed by atoms with Crippen molar-refractivity contribution in [2.75, 3.05) is 20.3 Å². The van der Waals surface area contributed by atoms with Crippen molar-refractivity contribution in [3.05, 3.63) is 59.7 Å². The number of ether oxygens (including phenoxy) is 2. The van der Waals surface area contributed by atoms with Crippen LogP contribution in [0.3, 0.4) is 0 Å². The first-order chi connectivity index (χ1) is 15.7. The number of nitrogens with one attached hydrogen (secondary N) is 1. The summed E-state index contributed by atoms with van der Waals surface area (Å²) in [5.41, 5.74) is 1.84. The molecule has 0 radical (unpaired) electrons. The molecule has 2 rings (SSSR count). The van der Waals surface area contributed by atoms with E-state index < -0.39 is 6.04 Å². The SMILES string of the molecule is CCCNC(=O)[C@H](CC)N(Cc1ccc(OC)cc1)C(=O)COc1ccccc1C(C)(C)C. The molecule has 0 aliphatic heterocycles. The number of amides is 2. The van der Waals surface area contributed by atoms with E-state index >= 15 is 0 Å². The standard InChI is InChI=1S/C27H38N2O4/c1-7-17-28-26(31)23(8-2)29(18-20-13-15-21(32-6)16-14-20)25(30)19-33-24-12-10-9-11-22(24)27(3,4)5/h9-16,23H,7-8,17-19H2,1-6H3,(H,28,31)/t23-/m0/s1. The third-order valence-electron chi connectivity index (χ3n) is 5.49. The molecule has 0 spiro atoms. The average Bonchev–Trinajstić information content (AvgIpc) is 2.81. The zero-order valence-electron chi connectivity index (χ0n) is 20.8. The minimum atomic E-state index is -0.576. The van der Waals surface area contributed by atoms with Crippen LogP contribution in [0.4, 0.5) is 0 Å². The quantitative estimate of drug-likeness (QED) is 0.534. The molecule has 0 aliphatic rings. The Bertz CT molecular complexity index is 903. The fourth-order valence-corrected chi connectivity index (χ4v) is 3.65. The van der Waals surface area contributed by atoms with Crippen molar-refractivity contribution in [3.63, 3.8) is 0 Å². The van der Waals surface area contributed by atoms with E-state index in [1.165, 1.54) is 0 Å². The molecule has 1 N–H and O–H groups in total. The number of methoxy groups -OCH3 is 1. The average molecular weight is 455 g/mol. The molecule has 0 fully saturated rings. The van der Waals surface area contributed by atoms with Crippen LogP contribution in [-0.2, 0) is 21.5 Å². The summed E-state index contributed by atoms with van der Waals surface area (Å²) in [5, 5.41) is 2.93. The van der Waals surface area contributed by atoms with E-state index in [0.717, 1.165) is 23.3 Å². The molecule has 2 amide bonds. The summed E-state index contributed by atoms with van der Waals surface area (Å²) in [6.45, 7) is 11.0. The topological polar surface area (TPSA) is 67.9 Å². The summed E-state index contributed by atoms with van der Waals surface area (Å²) >= 11 is 0. The van der Waals surface area contributed by atoms with Crippen LogP contribution in [-0.4, -0.2) is 43.0 Å². The number of rotatable bonds is 11. The van der Waals surface area contributed by atoms with Gasteiger partial charge in [-0.3, -0.25) is 9.59 Å². The predicted octanol–water partition coefficient (Wildman–Crippen LogP) is 4.71. The molecular weight excluding hydrogens is 416 g/mol. The smallest absolute Gasteiger partial charge is 0.261 e. The normalized spacial score (nSPS) is 12.1. The Balaban J connectivity index is 2.25. The number of hydrogen-bond donors (Lipinski definition) is 1. The van der Waals surface area contributed by atoms with Crippen LogP contribution >= 0.6 is 0 Å². The van der Waals surface area contributed by atoms with Gasteiger partial charge in [-0.1, -0.05) is 65.0 Å². The van der Waals surface area contributed by atoms with Crippen LogP contribution in [0, 0.1) is 0 Å². The predicted molar refractivity (Wildman–Crippen MR) is 132 cm³/mol. The second-order valence-electron chi connectivity index (χ2n) is 9.12. The van der Waals surface area contributed by atoms with E-state index in [-0.39, 0.29) is 23.8 Å². The Morgan fingerprint density at radius 3 is 2.27 bits per heavy atom. The lowest BCUT2D eigenvalue weighted by Crippen LogP contribution is -2.50. The first-order valence-corrected chi connectivity index (χ1v) is 11.6. The maximum atomic E-state index is 13.4. The lowest BCUT2D eigenvalue weighted by molar-refractivity contribution is -0.143. The van der Waals surface area contributed by atoms with Crippen LogP contribution in [0.15, 0.2) is 48.5 Å². The van der Waals surface area contributed by atoms with Gasteiger partial charge in [0.15, 0.2) is 6.61 Å². The second kappa shape index (κ2) is 12.3. The first-order valence-electron chi connectivity index (χ1n) is 11.6. The van der Waals surface area contributed by atoms with Gasteiger partial charge in [-0.15, -0.1) is 0 Å². The van der Waals surface area contributed by atoms with Gasteiger partial charge in [0.05, 0.1) is 7.11 Å². The summed E-state index contributed by atoms with van der Waals surface area (Å²) in [6, 6.07) is 14.7. The molecule has 2 aromatic carbocycles. The molecule has 6 nitrogen and oxygen atoms in total. The van der Waals surface area contributed by atoms with E-state index in [2.05, 4.69) is 26.1 Å². The molecule has 0 unspecified atom stereocenters. The fourth-order valence-electron chi connectivity index (χ4n) is 3.65. The summed E-state index contributed by atoms with van der Waals surface area (Å²) in [4.78, 5) is 27.9. The number of carbonyl (C=O) groups is 2. The van der Waals surface area contributed by atoms with Gasteiger partial charge in [0.25, 0.3) is 5.91 Å². The number of para-hydroxylation sites is 1. The Labute approximate surface area is 198 Å². The highest BCUT2D eigenvalue weighted by Crippen LogP contribution is 2.31. The van der Waals surface area contributed by atoms with E-state index in [1.54, 1.807) is 12.0 Å². The minimum Gasteiger partial charge on any atom is -0.497 e. The van der Waals surface area contributed by atoms with Crippen molar-refractivity contribution in [1.29, 1.82) is 0 Å². The van der Waals surface area contributed by atoms with Gasteiger partial charge < -0.3 is 19.7 Å². The molecule has 180 valence electrons. The van der Waals surface area contributed by atoms with E-state index in [0.29, 0.717) is 25.3 Å². The Hall–Kier alpha value is -3.02. The summed E-state index contributed by atoms with van der Waals surface area (Å²) in [5.74, 6) is 1.06. The molecule has 0 heterocycles. The molecule has 6 heteroatoms. The number of carbonyl (C=O) groups excluding carboxylic acids is 2. The monoisotopic (exact) mass is 454 g/mol. The maximum absolute atomic E-state index is 13.4. The van der Waals surface area contributed by atoms with Gasteiger partial charge in [-0.2, -0.15) is 0 Å². The van der Waals surface area contributed by atoms with E-state index in [1.807, 2.05) is 62.4 Å². The van der Waals surface area contributed by atoms with Crippen molar-refractivity contribution < 1.29 is 19.1 Å². The largest absolute Gasteiger partial charge is 0.497 e. The molecule has 0 saturated heterocycles. The maximum Gasteiger partial charge on any atom is 0.261 e. The number of hydrogen-bond acceptors (Lipinski definition) is 4. The third kappa shape index (κ3) is 7.52. The van der Waals surface area contributed by atoms with Gasteiger partial charge in [-0.05, 0) is 47.6 Å². The Kier molecular flexibility index (Phi) is 9.76. The van der Waals surface area contributed by atoms with Gasteiger partial charge >= 0.3 is 0 Å². The minimum absolute atomic E-state index is 0.117. The zero-order chi connectivity index (χ0) is 24.4.